The van der Waals surface area contributed by atoms with E-state index in [1.807, 2.05) is 14.0 Å². The molecule has 1 N–H and O–H groups in total. The summed E-state index contributed by atoms with van der Waals surface area (Å²) in [7, 11) is 1.82. The molecule has 3 nitrogen and oxygen atoms in total. The van der Waals surface area contributed by atoms with E-state index in [2.05, 4.69) is 10.4 Å². The number of halogens is 2. The summed E-state index contributed by atoms with van der Waals surface area (Å²) in [5.74, 6) is -0.275. The summed E-state index contributed by atoms with van der Waals surface area (Å²) >= 11 is 6.10. The molecule has 0 amide bonds. The van der Waals surface area contributed by atoms with Crippen LogP contribution in [0.25, 0.3) is 0 Å². The number of benzene rings is 1. The van der Waals surface area contributed by atoms with Crippen molar-refractivity contribution in [2.24, 2.45) is 7.05 Å². The Morgan fingerprint density at radius 3 is 2.71 bits per heavy atom. The van der Waals surface area contributed by atoms with Gasteiger partial charge in [0, 0.05) is 7.05 Å². The van der Waals surface area contributed by atoms with Gasteiger partial charge in [0.2, 0.25) is 0 Å². The highest BCUT2D eigenvalue weighted by molar-refractivity contribution is 6.31. The Kier molecular flexibility index (Phi) is 3.33. The fourth-order valence-corrected chi connectivity index (χ4v) is 1.88. The van der Waals surface area contributed by atoms with Gasteiger partial charge in [-0.05, 0) is 19.1 Å². The number of hydrogen-bond acceptors (Lipinski definition) is 2. The minimum atomic E-state index is -0.275. The first-order valence-corrected chi connectivity index (χ1v) is 5.63. The number of nitrogens with zero attached hydrogens (tertiary/aromatic N) is 2. The van der Waals surface area contributed by atoms with Crippen LogP contribution in [0.5, 0.6) is 0 Å². The van der Waals surface area contributed by atoms with Gasteiger partial charge in [-0.2, -0.15) is 5.10 Å². The van der Waals surface area contributed by atoms with Crippen LogP contribution in [-0.4, -0.2) is 9.78 Å². The molecule has 0 atom stereocenters. The molecule has 1 aromatic carbocycles. The molecular weight excluding hydrogens is 241 g/mol. The van der Waals surface area contributed by atoms with E-state index in [1.54, 1.807) is 22.9 Å². The van der Waals surface area contributed by atoms with Crippen molar-refractivity contribution in [3.8, 4) is 0 Å². The lowest BCUT2D eigenvalue weighted by Gasteiger charge is -2.07. The van der Waals surface area contributed by atoms with Crippen molar-refractivity contribution in [3.63, 3.8) is 0 Å². The second kappa shape index (κ2) is 4.75. The van der Waals surface area contributed by atoms with Crippen LogP contribution in [0.1, 0.15) is 11.4 Å². The zero-order valence-corrected chi connectivity index (χ0v) is 10.4. The molecule has 0 spiro atoms. The van der Waals surface area contributed by atoms with Gasteiger partial charge in [-0.3, -0.25) is 4.68 Å². The van der Waals surface area contributed by atoms with Crippen LogP contribution < -0.4 is 5.32 Å². The average molecular weight is 254 g/mol. The predicted molar refractivity (Wildman–Crippen MR) is 66.7 cm³/mol. The number of aryl methyl sites for hydroxylation is 2. The second-order valence-electron chi connectivity index (χ2n) is 3.80. The van der Waals surface area contributed by atoms with Gasteiger partial charge >= 0.3 is 0 Å². The summed E-state index contributed by atoms with van der Waals surface area (Å²) in [6, 6.07) is 6.54. The summed E-state index contributed by atoms with van der Waals surface area (Å²) < 4.78 is 15.1. The van der Waals surface area contributed by atoms with Crippen LogP contribution in [-0.2, 0) is 13.6 Å². The standard InChI is InChI=1S/C12H13ClFN3/c1-8-12(13)11(17(2)16-8)7-15-10-6-4-3-5-9(10)14/h3-6,15H,7H2,1-2H3. The molecular formula is C12H13ClFN3. The SMILES string of the molecule is Cc1nn(C)c(CNc2ccccc2F)c1Cl. The van der Waals surface area contributed by atoms with E-state index in [0.29, 0.717) is 17.3 Å². The lowest BCUT2D eigenvalue weighted by atomic mass is 10.3. The van der Waals surface area contributed by atoms with Gasteiger partial charge in [0.05, 0.1) is 28.6 Å². The third-order valence-electron chi connectivity index (χ3n) is 2.58. The fraction of sp³-hybridized carbons (Fsp3) is 0.250. The molecule has 0 fully saturated rings. The smallest absolute Gasteiger partial charge is 0.146 e. The second-order valence-corrected chi connectivity index (χ2v) is 4.18. The van der Waals surface area contributed by atoms with Crippen molar-refractivity contribution in [2.45, 2.75) is 13.5 Å². The molecule has 0 aliphatic rings. The minimum Gasteiger partial charge on any atom is -0.377 e. The Hall–Kier alpha value is -1.55. The summed E-state index contributed by atoms with van der Waals surface area (Å²) in [6.07, 6.45) is 0. The lowest BCUT2D eigenvalue weighted by Crippen LogP contribution is -2.06. The van der Waals surface area contributed by atoms with E-state index >= 15 is 0 Å². The molecule has 0 unspecified atom stereocenters. The molecule has 2 rings (SSSR count). The first kappa shape index (κ1) is 11.9. The number of nitrogens with one attached hydrogen (secondary N) is 1. The molecule has 0 saturated carbocycles. The van der Waals surface area contributed by atoms with Crippen molar-refractivity contribution in [1.82, 2.24) is 9.78 Å². The van der Waals surface area contributed by atoms with Crippen LogP contribution in [0.3, 0.4) is 0 Å². The fourth-order valence-electron chi connectivity index (χ4n) is 1.66. The summed E-state index contributed by atoms with van der Waals surface area (Å²) in [4.78, 5) is 0. The highest BCUT2D eigenvalue weighted by atomic mass is 35.5. The molecule has 1 aromatic heterocycles. The van der Waals surface area contributed by atoms with E-state index in [-0.39, 0.29) is 5.82 Å². The molecule has 0 radical (unpaired) electrons. The number of rotatable bonds is 3. The maximum absolute atomic E-state index is 13.4. The Morgan fingerprint density at radius 2 is 2.12 bits per heavy atom. The molecule has 0 bridgehead atoms. The first-order chi connectivity index (χ1) is 8.09. The predicted octanol–water partition coefficient (Wildman–Crippen LogP) is 3.13. The maximum atomic E-state index is 13.4. The molecule has 2 aromatic rings. The van der Waals surface area contributed by atoms with Gasteiger partial charge < -0.3 is 5.32 Å². The summed E-state index contributed by atoms with van der Waals surface area (Å²) in [5.41, 5.74) is 2.08. The van der Waals surface area contributed by atoms with Crippen molar-refractivity contribution in [3.05, 3.63) is 46.5 Å². The molecule has 5 heteroatoms. The Labute approximate surface area is 104 Å². The van der Waals surface area contributed by atoms with E-state index in [0.717, 1.165) is 11.4 Å². The van der Waals surface area contributed by atoms with Gasteiger partial charge in [0.1, 0.15) is 5.82 Å². The average Bonchev–Trinajstić information content (AvgIpc) is 2.53. The van der Waals surface area contributed by atoms with Crippen molar-refractivity contribution in [2.75, 3.05) is 5.32 Å². The highest BCUT2D eigenvalue weighted by Gasteiger charge is 2.11. The quantitative estimate of drug-likeness (QED) is 0.911. The third-order valence-corrected chi connectivity index (χ3v) is 3.07. The minimum absolute atomic E-state index is 0.275. The Balaban J connectivity index is 2.15. The van der Waals surface area contributed by atoms with Gasteiger partial charge in [0.25, 0.3) is 0 Å². The van der Waals surface area contributed by atoms with Gasteiger partial charge in [-0.1, -0.05) is 23.7 Å². The topological polar surface area (TPSA) is 29.9 Å². The van der Waals surface area contributed by atoms with Crippen LogP contribution in [0.2, 0.25) is 5.02 Å². The van der Waals surface area contributed by atoms with Crippen LogP contribution in [0.15, 0.2) is 24.3 Å². The van der Waals surface area contributed by atoms with Gasteiger partial charge in [0.15, 0.2) is 0 Å². The van der Waals surface area contributed by atoms with E-state index in [4.69, 9.17) is 11.6 Å². The molecule has 0 aliphatic heterocycles. The van der Waals surface area contributed by atoms with Gasteiger partial charge in [-0.15, -0.1) is 0 Å². The van der Waals surface area contributed by atoms with E-state index < -0.39 is 0 Å². The number of para-hydroxylation sites is 1. The molecule has 90 valence electrons. The van der Waals surface area contributed by atoms with Crippen LogP contribution in [0.4, 0.5) is 10.1 Å². The number of anilines is 1. The normalized spacial score (nSPS) is 10.6. The molecule has 0 saturated heterocycles. The maximum Gasteiger partial charge on any atom is 0.146 e. The van der Waals surface area contributed by atoms with E-state index in [9.17, 15) is 4.39 Å². The molecule has 17 heavy (non-hydrogen) atoms. The zero-order valence-electron chi connectivity index (χ0n) is 9.67. The largest absolute Gasteiger partial charge is 0.377 e. The zero-order chi connectivity index (χ0) is 12.4. The first-order valence-electron chi connectivity index (χ1n) is 5.26. The van der Waals surface area contributed by atoms with Crippen molar-refractivity contribution >= 4 is 17.3 Å². The van der Waals surface area contributed by atoms with E-state index in [1.165, 1.54) is 6.07 Å². The third kappa shape index (κ3) is 2.42. The van der Waals surface area contributed by atoms with Crippen molar-refractivity contribution < 1.29 is 4.39 Å². The summed E-state index contributed by atoms with van der Waals surface area (Å²) in [6.45, 7) is 2.28. The summed E-state index contributed by atoms with van der Waals surface area (Å²) in [5, 5.41) is 7.82. The van der Waals surface area contributed by atoms with Crippen LogP contribution >= 0.6 is 11.6 Å². The van der Waals surface area contributed by atoms with Crippen LogP contribution in [0, 0.1) is 12.7 Å². The Bertz CT molecular complexity index is 537. The molecule has 1 heterocycles. The Morgan fingerprint density at radius 1 is 1.41 bits per heavy atom. The van der Waals surface area contributed by atoms with Crippen molar-refractivity contribution in [1.29, 1.82) is 0 Å². The number of hydrogen-bond donors (Lipinski definition) is 1. The van der Waals surface area contributed by atoms with Gasteiger partial charge in [-0.25, -0.2) is 4.39 Å². The lowest BCUT2D eigenvalue weighted by molar-refractivity contribution is 0.629. The molecule has 0 aliphatic carbocycles. The monoisotopic (exact) mass is 253 g/mol. The highest BCUT2D eigenvalue weighted by Crippen LogP contribution is 2.21. The number of aromatic nitrogens is 2.